The number of imidazole rings is 4. The molecule has 2 aliphatic rings. The molecule has 0 aromatic carbocycles. The summed E-state index contributed by atoms with van der Waals surface area (Å²) in [5, 5.41) is 26.8. The molecule has 2 aliphatic heterocycles. The molecule has 2 saturated heterocycles. The number of likely N-dealkylation sites (tertiary alicyclic amines) is 2. The van der Waals surface area contributed by atoms with Gasteiger partial charge in [-0.1, -0.05) is 11.8 Å². The maximum atomic E-state index is 13.4. The first-order chi connectivity index (χ1) is 50.4. The van der Waals surface area contributed by atoms with Crippen molar-refractivity contribution in [1.82, 2.24) is 83.0 Å². The number of hydrogen-bond donors (Lipinski definition) is 10. The van der Waals surface area contributed by atoms with E-state index in [1.807, 2.05) is 20.8 Å². The summed E-state index contributed by atoms with van der Waals surface area (Å²) >= 11 is 0. The van der Waals surface area contributed by atoms with Gasteiger partial charge in [0.25, 0.3) is 41.4 Å². The van der Waals surface area contributed by atoms with Gasteiger partial charge in [-0.15, -0.1) is 0 Å². The van der Waals surface area contributed by atoms with Crippen molar-refractivity contribution in [2.45, 2.75) is 84.2 Å². The molecular formula is C70H87N23O13. The molecule has 560 valence electrons. The molecule has 7 aromatic rings. The highest BCUT2D eigenvalue weighted by Crippen LogP contribution is 2.23. The van der Waals surface area contributed by atoms with Crippen LogP contribution in [-0.4, -0.2) is 191 Å². The van der Waals surface area contributed by atoms with Crippen LogP contribution in [0.4, 0.5) is 39.3 Å². The molecule has 36 heteroatoms. The number of hydrogen-bond acceptors (Lipinski definition) is 17. The Bertz CT molecular complexity index is 4620. The lowest BCUT2D eigenvalue weighted by molar-refractivity contribution is -0.132. The van der Waals surface area contributed by atoms with E-state index in [0.29, 0.717) is 50.4 Å². The summed E-state index contributed by atoms with van der Waals surface area (Å²) in [6.45, 7) is 7.85. The number of aromatic nitrogens is 11. The normalized spacial score (nSPS) is 13.0. The van der Waals surface area contributed by atoms with E-state index < -0.39 is 64.7 Å². The minimum Gasteiger partial charge on any atom is -0.444 e. The van der Waals surface area contributed by atoms with E-state index in [9.17, 15) is 57.5 Å². The van der Waals surface area contributed by atoms with Gasteiger partial charge in [-0.2, -0.15) is 0 Å². The molecule has 0 unspecified atom stereocenters. The second-order valence-corrected chi connectivity index (χ2v) is 26.5. The van der Waals surface area contributed by atoms with E-state index in [1.54, 1.807) is 76.1 Å². The third-order valence-corrected chi connectivity index (χ3v) is 16.9. The quantitative estimate of drug-likeness (QED) is 0.0275. The third kappa shape index (κ3) is 21.4. The maximum absolute atomic E-state index is 13.4. The number of ether oxygens (including phenoxy) is 1. The highest BCUT2D eigenvalue weighted by Gasteiger charge is 2.28. The molecule has 106 heavy (non-hydrogen) atoms. The van der Waals surface area contributed by atoms with Gasteiger partial charge in [0.2, 0.25) is 41.1 Å². The number of rotatable bonds is 26. The highest BCUT2D eigenvalue weighted by atomic mass is 16.6. The molecule has 0 radical (unpaired) electrons. The smallest absolute Gasteiger partial charge is 0.410 e. The lowest BCUT2D eigenvalue weighted by Gasteiger charge is -2.31. The largest absolute Gasteiger partial charge is 0.444 e. The van der Waals surface area contributed by atoms with Gasteiger partial charge in [-0.25, -0.2) is 24.7 Å². The summed E-state index contributed by atoms with van der Waals surface area (Å²) in [6, 6.07) is 4.40. The van der Waals surface area contributed by atoms with E-state index in [4.69, 9.17) is 4.74 Å². The number of piperidine rings is 2. The Morgan fingerprint density at radius 2 is 0.821 bits per heavy atom. The Kier molecular flexibility index (Phi) is 25.5. The van der Waals surface area contributed by atoms with Gasteiger partial charge in [-0.05, 0) is 82.9 Å². The molecule has 0 saturated carbocycles. The lowest BCUT2D eigenvalue weighted by atomic mass is 9.96. The predicted molar refractivity (Wildman–Crippen MR) is 387 cm³/mol. The number of amides is 12. The number of carbonyl (C=O) groups excluding carboxylic acids is 12. The molecule has 12 amide bonds. The monoisotopic (exact) mass is 1460 g/mol. The molecule has 0 spiro atoms. The van der Waals surface area contributed by atoms with Crippen LogP contribution >= 0.6 is 0 Å². The summed E-state index contributed by atoms with van der Waals surface area (Å²) in [6.07, 6.45) is 14.7. The van der Waals surface area contributed by atoms with Gasteiger partial charge in [0.15, 0.2) is 23.3 Å². The van der Waals surface area contributed by atoms with E-state index >= 15 is 0 Å². The lowest BCUT2D eigenvalue weighted by Crippen LogP contribution is -2.41. The minimum absolute atomic E-state index is 0.00286. The maximum Gasteiger partial charge on any atom is 0.410 e. The topological polar surface area (TPSA) is 427 Å². The van der Waals surface area contributed by atoms with Gasteiger partial charge >= 0.3 is 6.09 Å². The van der Waals surface area contributed by atoms with Crippen LogP contribution < -0.4 is 53.2 Å². The second-order valence-electron chi connectivity index (χ2n) is 26.5. The average Bonchev–Trinajstić information content (AvgIpc) is 1.68. The van der Waals surface area contributed by atoms with Crippen molar-refractivity contribution in [3.63, 3.8) is 0 Å². The number of carbonyl (C=O) groups is 12. The Balaban J connectivity index is 0.617. The molecule has 9 rings (SSSR count). The number of nitrogens with one attached hydrogen (secondary N) is 10. The molecule has 36 nitrogen and oxygen atoms in total. The number of aryl methyl sites for hydroxylation is 7. The van der Waals surface area contributed by atoms with Crippen LogP contribution in [0.1, 0.15) is 152 Å². The number of anilines is 6. The summed E-state index contributed by atoms with van der Waals surface area (Å²) in [7, 11) is 11.2. The van der Waals surface area contributed by atoms with Gasteiger partial charge < -0.3 is 99.7 Å². The van der Waals surface area contributed by atoms with Crippen LogP contribution in [0.15, 0.2) is 67.8 Å². The predicted octanol–water partition coefficient (Wildman–Crippen LogP) is 3.07. The highest BCUT2D eigenvalue weighted by molar-refractivity contribution is 6.06. The van der Waals surface area contributed by atoms with Gasteiger partial charge in [-0.3, -0.25) is 52.7 Å². The van der Waals surface area contributed by atoms with Crippen LogP contribution in [-0.2, 0) is 73.2 Å². The van der Waals surface area contributed by atoms with Crippen LogP contribution in [0.5, 0.6) is 0 Å². The SMILES string of the molecule is Cn1cc(NC(=O)c2nc(NC(=O)CCNC(=O)c3cc(NC(=O)c4nccn4C)cn3C)cn2C)cc1C(=O)NCCCC(=O)Nc1cn(C)c(C(=O)NCCC(=O)Nc2cc(C(=O)Nc3cn(C)c(C(=O)NCCC(=O)N4CCC(C#CC#CC5CCN(C(=O)OC(C)(C)C)CC5)CC4)n3)n(C)c2)n1. The molecule has 0 aliphatic carbocycles. The van der Waals surface area contributed by atoms with Crippen molar-refractivity contribution in [2.24, 2.45) is 61.2 Å². The van der Waals surface area contributed by atoms with E-state index in [0.717, 1.165) is 12.8 Å². The first-order valence-electron chi connectivity index (χ1n) is 34.2. The Labute approximate surface area is 609 Å². The Morgan fingerprint density at radius 1 is 0.425 bits per heavy atom. The van der Waals surface area contributed by atoms with Gasteiger partial charge in [0.05, 0.1) is 17.1 Å². The van der Waals surface area contributed by atoms with Crippen molar-refractivity contribution < 1.29 is 62.3 Å². The first-order valence-corrected chi connectivity index (χ1v) is 34.2. The summed E-state index contributed by atoms with van der Waals surface area (Å²) in [5.41, 5.74) is 1.000. The fourth-order valence-corrected chi connectivity index (χ4v) is 11.5. The van der Waals surface area contributed by atoms with Crippen molar-refractivity contribution in [2.75, 3.05) is 84.3 Å². The molecule has 9 heterocycles. The summed E-state index contributed by atoms with van der Waals surface area (Å²) < 4.78 is 15.8. The third-order valence-electron chi connectivity index (χ3n) is 16.9. The van der Waals surface area contributed by atoms with E-state index in [1.165, 1.54) is 82.8 Å². The van der Waals surface area contributed by atoms with Crippen LogP contribution in [0.3, 0.4) is 0 Å². The summed E-state index contributed by atoms with van der Waals surface area (Å²) in [5.74, 6) is 7.78. The van der Waals surface area contributed by atoms with Crippen LogP contribution in [0.25, 0.3) is 0 Å². The summed E-state index contributed by atoms with van der Waals surface area (Å²) in [4.78, 5) is 176. The number of nitrogens with zero attached hydrogens (tertiary/aromatic N) is 13. The Morgan fingerprint density at radius 3 is 1.29 bits per heavy atom. The van der Waals surface area contributed by atoms with Crippen LogP contribution in [0.2, 0.25) is 0 Å². The first kappa shape index (κ1) is 77.4. The molecule has 7 aromatic heterocycles. The molecule has 2 fully saturated rings. The fraction of sp³-hybridized carbons (Fsp3) is 0.429. The van der Waals surface area contributed by atoms with Crippen molar-refractivity contribution >= 4 is 106 Å². The van der Waals surface area contributed by atoms with E-state index in [-0.39, 0.29) is 146 Å². The molecular weight excluding hydrogens is 1370 g/mol. The Hall–Kier alpha value is -12.8. The van der Waals surface area contributed by atoms with Gasteiger partial charge in [0, 0.05) is 189 Å². The van der Waals surface area contributed by atoms with Crippen molar-refractivity contribution in [1.29, 1.82) is 0 Å². The fourth-order valence-electron chi connectivity index (χ4n) is 11.5. The van der Waals surface area contributed by atoms with Crippen LogP contribution in [0, 0.1) is 35.5 Å². The molecule has 0 atom stereocenters. The van der Waals surface area contributed by atoms with E-state index in [2.05, 4.69) is 96.8 Å². The zero-order chi connectivity index (χ0) is 76.5. The second kappa shape index (κ2) is 34.9. The molecule has 0 bridgehead atoms. The zero-order valence-corrected chi connectivity index (χ0v) is 60.6. The van der Waals surface area contributed by atoms with Crippen molar-refractivity contribution in [3.05, 3.63) is 108 Å². The standard InChI is InChI=1S/C70H87N23O13/c1-70(2,3)106-69(105)93-31-22-44(23-32-93)15-12-11-14-43-20-29-92(30-21-43)57(97)19-27-75-66(102)60-83-53(42-90(60)9)84-64(100)50-34-45(37-88(50)7)76-55(95)17-26-74-65(101)59-81-51(40-89(59)8)79-54(94)16-13-24-72-62(98)48-36-47(39-86(48)5)78-68(104)61-82-52(41-91(61)10)80-56(96)18-25-73-63(99)49-35-46(38-87(49)6)77-67(103)58-71-28-33-85(58)4/h28,33-44H,13,16-27,29-32H2,1-10H3,(H,72,98)(H,73,99)(H,74,101)(H,75,102)(H,76,95)(H,77,103)(H,78,104)(H,79,94)(H,80,96)(H,84,100). The van der Waals surface area contributed by atoms with Crippen molar-refractivity contribution in [3.8, 4) is 23.7 Å². The zero-order valence-electron chi connectivity index (χ0n) is 60.6. The average molecular weight is 1460 g/mol. The van der Waals surface area contributed by atoms with Gasteiger partial charge in [0.1, 0.15) is 22.7 Å². The minimum atomic E-state index is -0.637. The molecule has 10 N–H and O–H groups in total.